The lowest BCUT2D eigenvalue weighted by molar-refractivity contribution is 0.366. The van der Waals surface area contributed by atoms with Crippen LogP contribution in [0.4, 0.5) is 0 Å². The summed E-state index contributed by atoms with van der Waals surface area (Å²) in [6.07, 6.45) is 1.75. The quantitative estimate of drug-likeness (QED) is 0.522. The number of benzene rings is 1. The van der Waals surface area contributed by atoms with Gasteiger partial charge in [0, 0.05) is 0 Å². The first-order valence-electron chi connectivity index (χ1n) is 9.04. The van der Waals surface area contributed by atoms with Crippen molar-refractivity contribution < 1.29 is 4.74 Å². The zero-order valence-corrected chi connectivity index (χ0v) is 17.2. The molecule has 0 aliphatic carbocycles. The topological polar surface area (TPSA) is 61.9 Å². The number of nitrogens with zero attached hydrogens (tertiary/aromatic N) is 4. The number of ether oxygens (including phenoxy) is 1. The average Bonchev–Trinajstić information content (AvgIpc) is 3.34. The molecule has 4 rings (SSSR count). The second kappa shape index (κ2) is 6.91. The van der Waals surface area contributed by atoms with E-state index in [9.17, 15) is 4.79 Å². The first-order chi connectivity index (χ1) is 13.4. The van der Waals surface area contributed by atoms with Gasteiger partial charge in [0.2, 0.25) is 0 Å². The number of rotatable bonds is 4. The lowest BCUT2D eigenvalue weighted by Gasteiger charge is -2.20. The van der Waals surface area contributed by atoms with Gasteiger partial charge in [-0.2, -0.15) is 10.2 Å². The van der Waals surface area contributed by atoms with Gasteiger partial charge in [-0.15, -0.1) is 11.3 Å². The molecule has 0 saturated heterocycles. The number of methoxy groups -OCH3 is 1. The fourth-order valence-electron chi connectivity index (χ4n) is 3.22. The minimum absolute atomic E-state index is 0.148. The van der Waals surface area contributed by atoms with Crippen LogP contribution < -0.4 is 10.3 Å². The lowest BCUT2D eigenvalue weighted by atomic mass is 10.1. The molecule has 0 saturated carbocycles. The Kier molecular flexibility index (Phi) is 4.55. The van der Waals surface area contributed by atoms with E-state index in [-0.39, 0.29) is 11.1 Å². The molecule has 0 fully saturated rings. The Balaban J connectivity index is 1.95. The van der Waals surface area contributed by atoms with Gasteiger partial charge < -0.3 is 4.74 Å². The zero-order chi connectivity index (χ0) is 19.9. The number of fused-ring (bicyclic) bond motifs is 1. The Bertz CT molecular complexity index is 1180. The van der Waals surface area contributed by atoms with Gasteiger partial charge in [-0.05, 0) is 49.9 Å². The summed E-state index contributed by atoms with van der Waals surface area (Å²) >= 11 is 1.60. The largest absolute Gasteiger partial charge is 0.497 e. The number of hydrogen-bond acceptors (Lipinski definition) is 5. The van der Waals surface area contributed by atoms with Crippen molar-refractivity contribution in [1.29, 1.82) is 0 Å². The Morgan fingerprint density at radius 2 is 2.00 bits per heavy atom. The molecule has 1 aromatic carbocycles. The molecule has 0 bridgehead atoms. The number of hydrogen-bond donors (Lipinski definition) is 0. The van der Waals surface area contributed by atoms with Gasteiger partial charge in [-0.3, -0.25) is 9.48 Å². The predicted octanol–water partition coefficient (Wildman–Crippen LogP) is 4.13. The monoisotopic (exact) mass is 394 g/mol. The molecular formula is C21H22N4O2S. The van der Waals surface area contributed by atoms with E-state index in [0.717, 1.165) is 27.3 Å². The highest BCUT2D eigenvalue weighted by atomic mass is 32.1. The number of aromatic nitrogens is 4. The van der Waals surface area contributed by atoms with Crippen LogP contribution in [0.3, 0.4) is 0 Å². The molecule has 0 N–H and O–H groups in total. The third-order valence-corrected chi connectivity index (χ3v) is 5.42. The molecule has 3 heterocycles. The van der Waals surface area contributed by atoms with Crippen LogP contribution in [0, 0.1) is 0 Å². The molecule has 28 heavy (non-hydrogen) atoms. The van der Waals surface area contributed by atoms with Crippen molar-refractivity contribution in [3.8, 4) is 16.3 Å². The van der Waals surface area contributed by atoms with Gasteiger partial charge in [0.15, 0.2) is 0 Å². The van der Waals surface area contributed by atoms with Crippen LogP contribution >= 0.6 is 11.3 Å². The van der Waals surface area contributed by atoms with E-state index in [4.69, 9.17) is 9.84 Å². The first-order valence-corrected chi connectivity index (χ1v) is 9.92. The van der Waals surface area contributed by atoms with Crippen LogP contribution in [-0.2, 0) is 12.1 Å². The first kappa shape index (κ1) is 18.4. The highest BCUT2D eigenvalue weighted by Crippen LogP contribution is 2.30. The summed E-state index contributed by atoms with van der Waals surface area (Å²) in [6.45, 7) is 6.48. The van der Waals surface area contributed by atoms with Crippen molar-refractivity contribution in [3.05, 3.63) is 63.9 Å². The maximum Gasteiger partial charge on any atom is 0.293 e. The second-order valence-corrected chi connectivity index (χ2v) is 8.58. The maximum atomic E-state index is 13.3. The molecule has 0 radical (unpaired) electrons. The molecule has 0 unspecified atom stereocenters. The van der Waals surface area contributed by atoms with E-state index < -0.39 is 0 Å². The highest BCUT2D eigenvalue weighted by molar-refractivity contribution is 7.13. The van der Waals surface area contributed by atoms with E-state index in [1.807, 2.05) is 62.5 Å². The zero-order valence-electron chi connectivity index (χ0n) is 16.3. The fourth-order valence-corrected chi connectivity index (χ4v) is 3.95. The van der Waals surface area contributed by atoms with Gasteiger partial charge in [0.25, 0.3) is 5.56 Å². The van der Waals surface area contributed by atoms with Gasteiger partial charge in [-0.1, -0.05) is 18.2 Å². The molecule has 7 heteroatoms. The van der Waals surface area contributed by atoms with Crippen LogP contribution in [-0.4, -0.2) is 26.7 Å². The van der Waals surface area contributed by atoms with Gasteiger partial charge in [0.1, 0.15) is 17.0 Å². The molecule has 0 spiro atoms. The van der Waals surface area contributed by atoms with Gasteiger partial charge in [-0.25, -0.2) is 4.68 Å². The Hall–Kier alpha value is -2.93. The maximum absolute atomic E-state index is 13.3. The summed E-state index contributed by atoms with van der Waals surface area (Å²) in [5.41, 5.74) is 1.84. The second-order valence-electron chi connectivity index (χ2n) is 7.63. The van der Waals surface area contributed by atoms with Crippen LogP contribution in [0.1, 0.15) is 26.3 Å². The van der Waals surface area contributed by atoms with Crippen LogP contribution in [0.5, 0.6) is 5.75 Å². The SMILES string of the molecule is COc1cccc(Cn2nc(-c3cccs3)c3cnn(C(C)(C)C)c3c2=O)c1. The smallest absolute Gasteiger partial charge is 0.293 e. The van der Waals surface area contributed by atoms with E-state index in [1.165, 1.54) is 4.68 Å². The molecule has 6 nitrogen and oxygen atoms in total. The van der Waals surface area contributed by atoms with Crippen LogP contribution in [0.2, 0.25) is 0 Å². The molecule has 0 aliphatic rings. The molecule has 144 valence electrons. The van der Waals surface area contributed by atoms with Crippen molar-refractivity contribution in [1.82, 2.24) is 19.6 Å². The lowest BCUT2D eigenvalue weighted by Crippen LogP contribution is -2.30. The average molecular weight is 395 g/mol. The third-order valence-electron chi connectivity index (χ3n) is 4.54. The molecule has 0 atom stereocenters. The summed E-state index contributed by atoms with van der Waals surface area (Å²) in [5.74, 6) is 0.754. The summed E-state index contributed by atoms with van der Waals surface area (Å²) in [6, 6.07) is 11.7. The molecule has 0 aliphatic heterocycles. The normalized spacial score (nSPS) is 11.9. The van der Waals surface area contributed by atoms with Crippen molar-refractivity contribution in [2.75, 3.05) is 7.11 Å². The summed E-state index contributed by atoms with van der Waals surface area (Å²) < 4.78 is 8.63. The van der Waals surface area contributed by atoms with Gasteiger partial charge >= 0.3 is 0 Å². The predicted molar refractivity (Wildman–Crippen MR) is 112 cm³/mol. The number of thiophene rings is 1. The summed E-state index contributed by atoms with van der Waals surface area (Å²) in [5, 5.41) is 12.0. The van der Waals surface area contributed by atoms with E-state index in [0.29, 0.717) is 12.1 Å². The molecule has 0 amide bonds. The highest BCUT2D eigenvalue weighted by Gasteiger charge is 2.23. The Morgan fingerprint density at radius 1 is 1.18 bits per heavy atom. The summed E-state index contributed by atoms with van der Waals surface area (Å²) in [4.78, 5) is 14.4. The molecular weight excluding hydrogens is 372 g/mol. The van der Waals surface area contributed by atoms with Crippen molar-refractivity contribution in [2.24, 2.45) is 0 Å². The summed E-state index contributed by atoms with van der Waals surface area (Å²) in [7, 11) is 1.63. The van der Waals surface area contributed by atoms with Crippen molar-refractivity contribution >= 4 is 22.2 Å². The van der Waals surface area contributed by atoms with E-state index >= 15 is 0 Å². The van der Waals surface area contributed by atoms with Crippen molar-refractivity contribution in [2.45, 2.75) is 32.9 Å². The van der Waals surface area contributed by atoms with Crippen LogP contribution in [0.25, 0.3) is 21.5 Å². The Labute approximate surface area is 167 Å². The molecule has 4 aromatic rings. The van der Waals surface area contributed by atoms with E-state index in [2.05, 4.69) is 5.10 Å². The third kappa shape index (κ3) is 3.22. The standard InChI is InChI=1S/C21H22N4O2S/c1-21(2,3)25-19-16(12-22-25)18(17-9-6-10-28-17)23-24(20(19)26)13-14-7-5-8-15(11-14)27-4/h5-12H,13H2,1-4H3. The Morgan fingerprint density at radius 3 is 2.68 bits per heavy atom. The van der Waals surface area contributed by atoms with Gasteiger partial charge in [0.05, 0.1) is 35.7 Å². The minimum Gasteiger partial charge on any atom is -0.497 e. The van der Waals surface area contributed by atoms with Crippen molar-refractivity contribution in [3.63, 3.8) is 0 Å². The molecule has 3 aromatic heterocycles. The fraction of sp³-hybridized carbons (Fsp3) is 0.286. The van der Waals surface area contributed by atoms with E-state index in [1.54, 1.807) is 29.3 Å². The minimum atomic E-state index is -0.317. The van der Waals surface area contributed by atoms with Crippen LogP contribution in [0.15, 0.2) is 52.8 Å².